The number of nitrogens with one attached hydrogen (secondary N) is 2. The Balaban J connectivity index is 1.67. The lowest BCUT2D eigenvalue weighted by molar-refractivity contribution is -0.0449. The topological polar surface area (TPSA) is 132 Å². The standard InChI is InChI=1S/C17H14F3N7O3S/c18-17(19,20)31(29,30)27-14(5-6-23-27)26-16(28)15-13(24-11-7-21-9-22-8-11)4-3-12(25-15)10-1-2-10/h3-10,24H,1-2H2,(H,26,28). The van der Waals surface area contributed by atoms with Gasteiger partial charge in [-0.1, -0.05) is 0 Å². The van der Waals surface area contributed by atoms with Gasteiger partial charge in [-0.2, -0.15) is 26.7 Å². The Hall–Kier alpha value is -3.55. The van der Waals surface area contributed by atoms with Crippen molar-refractivity contribution in [3.8, 4) is 0 Å². The molecule has 1 saturated carbocycles. The third-order valence-electron chi connectivity index (χ3n) is 4.34. The fourth-order valence-corrected chi connectivity index (χ4v) is 3.46. The number of hydrogen-bond acceptors (Lipinski definition) is 8. The molecule has 4 rings (SSSR count). The fraction of sp³-hybridized carbons (Fsp3) is 0.235. The van der Waals surface area contributed by atoms with Gasteiger partial charge in [-0.25, -0.2) is 15.0 Å². The highest BCUT2D eigenvalue weighted by molar-refractivity contribution is 7.90. The molecule has 0 bridgehead atoms. The first kappa shape index (κ1) is 20.7. The number of anilines is 3. The molecule has 0 aromatic carbocycles. The van der Waals surface area contributed by atoms with Gasteiger partial charge in [-0.05, 0) is 25.0 Å². The third kappa shape index (κ3) is 4.19. The summed E-state index contributed by atoms with van der Waals surface area (Å²) in [4.78, 5) is 24.9. The number of carbonyl (C=O) groups excluding carboxylic acids is 1. The predicted octanol–water partition coefficient (Wildman–Crippen LogP) is 2.64. The number of nitrogens with zero attached hydrogens (tertiary/aromatic N) is 5. The lowest BCUT2D eigenvalue weighted by atomic mass is 10.2. The second-order valence-corrected chi connectivity index (χ2v) is 8.38. The van der Waals surface area contributed by atoms with Gasteiger partial charge in [-0.15, -0.1) is 4.09 Å². The number of amides is 1. The molecule has 0 spiro atoms. The molecule has 3 aromatic heterocycles. The van der Waals surface area contributed by atoms with Gasteiger partial charge in [-0.3, -0.25) is 4.79 Å². The van der Waals surface area contributed by atoms with Crippen molar-refractivity contribution in [2.45, 2.75) is 24.3 Å². The van der Waals surface area contributed by atoms with Crippen LogP contribution in [-0.2, 0) is 10.0 Å². The summed E-state index contributed by atoms with van der Waals surface area (Å²) in [7, 11) is -5.82. The Kier molecular flexibility index (Phi) is 5.08. The van der Waals surface area contributed by atoms with Gasteiger partial charge in [0.15, 0.2) is 5.69 Å². The van der Waals surface area contributed by atoms with Gasteiger partial charge in [0.1, 0.15) is 12.1 Å². The van der Waals surface area contributed by atoms with E-state index in [2.05, 4.69) is 30.7 Å². The molecule has 3 heterocycles. The van der Waals surface area contributed by atoms with Crippen LogP contribution in [0.15, 0.2) is 43.1 Å². The molecule has 14 heteroatoms. The Morgan fingerprint density at radius 2 is 1.84 bits per heavy atom. The number of carbonyl (C=O) groups is 1. The van der Waals surface area contributed by atoms with Crippen molar-refractivity contribution in [1.82, 2.24) is 24.1 Å². The van der Waals surface area contributed by atoms with Crippen molar-refractivity contribution in [2.75, 3.05) is 10.6 Å². The summed E-state index contributed by atoms with van der Waals surface area (Å²) in [6.45, 7) is 0. The molecule has 0 saturated heterocycles. The van der Waals surface area contributed by atoms with E-state index in [1.807, 2.05) is 0 Å². The zero-order valence-corrected chi connectivity index (χ0v) is 16.4. The first-order valence-corrected chi connectivity index (χ1v) is 10.3. The smallest absolute Gasteiger partial charge is 0.351 e. The van der Waals surface area contributed by atoms with Crippen LogP contribution < -0.4 is 10.6 Å². The maximum absolute atomic E-state index is 12.9. The summed E-state index contributed by atoms with van der Waals surface area (Å²) < 4.78 is 61.8. The summed E-state index contributed by atoms with van der Waals surface area (Å²) in [6, 6.07) is 4.27. The molecule has 10 nitrogen and oxygen atoms in total. The highest BCUT2D eigenvalue weighted by Gasteiger charge is 2.49. The molecule has 1 aliphatic carbocycles. The summed E-state index contributed by atoms with van der Waals surface area (Å²) >= 11 is 0. The van der Waals surface area contributed by atoms with E-state index in [-0.39, 0.29) is 21.4 Å². The summed E-state index contributed by atoms with van der Waals surface area (Å²) in [6.07, 6.45) is 6.86. The van der Waals surface area contributed by atoms with E-state index in [9.17, 15) is 26.4 Å². The molecule has 1 aliphatic rings. The van der Waals surface area contributed by atoms with Gasteiger partial charge in [0.25, 0.3) is 5.91 Å². The SMILES string of the molecule is O=C(Nc1ccnn1S(=O)(=O)C(F)(F)F)c1nc(C2CC2)ccc1Nc1cncnc1. The van der Waals surface area contributed by atoms with Crippen LogP contribution in [0, 0.1) is 0 Å². The molecule has 0 radical (unpaired) electrons. The largest absolute Gasteiger partial charge is 0.518 e. The second-order valence-electron chi connectivity index (χ2n) is 6.62. The van der Waals surface area contributed by atoms with Crippen LogP contribution in [0.4, 0.5) is 30.4 Å². The van der Waals surface area contributed by atoms with Crippen LogP contribution in [0.2, 0.25) is 0 Å². The van der Waals surface area contributed by atoms with Crippen molar-refractivity contribution in [1.29, 1.82) is 0 Å². The second kappa shape index (κ2) is 7.61. The van der Waals surface area contributed by atoms with E-state index in [0.29, 0.717) is 11.4 Å². The predicted molar refractivity (Wildman–Crippen MR) is 102 cm³/mol. The lowest BCUT2D eigenvalue weighted by Crippen LogP contribution is -2.32. The highest BCUT2D eigenvalue weighted by atomic mass is 32.2. The van der Waals surface area contributed by atoms with E-state index in [1.165, 1.54) is 18.7 Å². The normalized spacial score (nSPS) is 14.3. The van der Waals surface area contributed by atoms with Crippen LogP contribution in [0.3, 0.4) is 0 Å². The van der Waals surface area contributed by atoms with Crippen LogP contribution in [0.1, 0.15) is 34.9 Å². The van der Waals surface area contributed by atoms with Gasteiger partial charge in [0, 0.05) is 17.7 Å². The van der Waals surface area contributed by atoms with E-state index >= 15 is 0 Å². The van der Waals surface area contributed by atoms with E-state index in [1.54, 1.807) is 12.1 Å². The third-order valence-corrected chi connectivity index (χ3v) is 5.67. The fourth-order valence-electron chi connectivity index (χ4n) is 2.72. The molecule has 1 fully saturated rings. The van der Waals surface area contributed by atoms with Crippen LogP contribution in [0.5, 0.6) is 0 Å². The molecular formula is C17H14F3N7O3S. The van der Waals surface area contributed by atoms with E-state index < -0.39 is 27.3 Å². The monoisotopic (exact) mass is 453 g/mol. The van der Waals surface area contributed by atoms with Gasteiger partial charge >= 0.3 is 15.5 Å². The number of aromatic nitrogens is 5. The van der Waals surface area contributed by atoms with Gasteiger partial charge in [0.05, 0.1) is 30.0 Å². The molecule has 0 aliphatic heterocycles. The highest BCUT2D eigenvalue weighted by Crippen LogP contribution is 2.39. The Labute approximate surface area is 173 Å². The minimum absolute atomic E-state index is 0.134. The minimum Gasteiger partial charge on any atom is -0.351 e. The molecule has 3 aromatic rings. The number of halogens is 3. The molecular weight excluding hydrogens is 439 g/mol. The first-order chi connectivity index (χ1) is 14.7. The number of hydrogen-bond donors (Lipinski definition) is 2. The first-order valence-electron chi connectivity index (χ1n) is 8.87. The summed E-state index contributed by atoms with van der Waals surface area (Å²) in [5.41, 5.74) is -4.40. The van der Waals surface area contributed by atoms with Crippen molar-refractivity contribution >= 4 is 33.1 Å². The Morgan fingerprint density at radius 3 is 2.48 bits per heavy atom. The zero-order valence-electron chi connectivity index (χ0n) is 15.5. The van der Waals surface area contributed by atoms with Crippen LogP contribution in [0.25, 0.3) is 0 Å². The molecule has 1 amide bonds. The van der Waals surface area contributed by atoms with Gasteiger partial charge < -0.3 is 10.6 Å². The zero-order chi connectivity index (χ0) is 22.2. The molecule has 0 unspecified atom stereocenters. The molecule has 31 heavy (non-hydrogen) atoms. The summed E-state index contributed by atoms with van der Waals surface area (Å²) in [5, 5.41) is 8.25. The van der Waals surface area contributed by atoms with E-state index in [0.717, 1.165) is 25.1 Å². The minimum atomic E-state index is -5.82. The Bertz CT molecular complexity index is 1230. The molecule has 162 valence electrons. The van der Waals surface area contributed by atoms with Crippen molar-refractivity contribution in [3.63, 3.8) is 0 Å². The lowest BCUT2D eigenvalue weighted by Gasteiger charge is -2.14. The van der Waals surface area contributed by atoms with Crippen molar-refractivity contribution in [3.05, 3.63) is 54.5 Å². The molecule has 2 N–H and O–H groups in total. The van der Waals surface area contributed by atoms with Crippen LogP contribution in [-0.4, -0.2) is 44.0 Å². The van der Waals surface area contributed by atoms with Gasteiger partial charge in [0.2, 0.25) is 0 Å². The quantitative estimate of drug-likeness (QED) is 0.582. The maximum atomic E-state index is 12.9. The number of rotatable bonds is 6. The Morgan fingerprint density at radius 1 is 1.13 bits per heavy atom. The average molecular weight is 453 g/mol. The number of alkyl halides is 3. The molecule has 0 atom stereocenters. The summed E-state index contributed by atoms with van der Waals surface area (Å²) in [5.74, 6) is -1.40. The number of pyridine rings is 1. The van der Waals surface area contributed by atoms with Crippen molar-refractivity contribution < 1.29 is 26.4 Å². The average Bonchev–Trinajstić information content (AvgIpc) is 3.46. The van der Waals surface area contributed by atoms with Crippen LogP contribution >= 0.6 is 0 Å². The maximum Gasteiger partial charge on any atom is 0.518 e. The van der Waals surface area contributed by atoms with E-state index in [4.69, 9.17) is 0 Å². The van der Waals surface area contributed by atoms with Crippen molar-refractivity contribution in [2.24, 2.45) is 0 Å².